The number of carbonyl (C=O) groups is 1. The predicted molar refractivity (Wildman–Crippen MR) is 158 cm³/mol. The van der Waals surface area contributed by atoms with Gasteiger partial charge < -0.3 is 24.8 Å². The average Bonchev–Trinajstić information content (AvgIpc) is 3.41. The summed E-state index contributed by atoms with van der Waals surface area (Å²) >= 11 is 9.43. The molecule has 0 saturated carbocycles. The van der Waals surface area contributed by atoms with E-state index in [0.717, 1.165) is 38.5 Å². The molecule has 0 aliphatic carbocycles. The van der Waals surface area contributed by atoms with Crippen molar-refractivity contribution in [2.75, 3.05) is 23.9 Å². The summed E-state index contributed by atoms with van der Waals surface area (Å²) in [5.41, 5.74) is 7.05. The smallest absolute Gasteiger partial charge is 0.250 e. The zero-order valence-corrected chi connectivity index (χ0v) is 23.7. The van der Waals surface area contributed by atoms with E-state index >= 15 is 0 Å². The van der Waals surface area contributed by atoms with E-state index in [0.29, 0.717) is 10.8 Å². The third-order valence-corrected chi connectivity index (χ3v) is 7.52. The first kappa shape index (κ1) is 26.1. The zero-order valence-electron chi connectivity index (χ0n) is 21.3. The van der Waals surface area contributed by atoms with Gasteiger partial charge in [-0.25, -0.2) is 0 Å². The van der Waals surface area contributed by atoms with E-state index in [1.807, 2.05) is 48.7 Å². The van der Waals surface area contributed by atoms with Crippen LogP contribution < -0.4 is 15.5 Å². The highest BCUT2D eigenvalue weighted by Gasteiger charge is 2.42. The Hall–Kier alpha value is -3.53. The maximum Gasteiger partial charge on any atom is 0.250 e. The number of aryl methyl sites for hydroxylation is 1. The van der Waals surface area contributed by atoms with Crippen LogP contribution in [0.3, 0.4) is 0 Å². The van der Waals surface area contributed by atoms with Crippen molar-refractivity contribution in [3.05, 3.63) is 106 Å². The molecule has 2 aromatic heterocycles. The van der Waals surface area contributed by atoms with Crippen molar-refractivity contribution < 1.29 is 9.53 Å². The number of hydrogen-bond donors (Lipinski definition) is 2. The van der Waals surface area contributed by atoms with Gasteiger partial charge in [-0.15, -0.1) is 0 Å². The van der Waals surface area contributed by atoms with Crippen LogP contribution in [0.1, 0.15) is 34.7 Å². The number of aromatic nitrogens is 2. The second-order valence-electron chi connectivity index (χ2n) is 9.16. The zero-order chi connectivity index (χ0) is 26.8. The molecule has 0 radical (unpaired) electrons. The first-order valence-corrected chi connectivity index (χ1v) is 13.4. The van der Waals surface area contributed by atoms with E-state index in [4.69, 9.17) is 17.0 Å². The monoisotopic (exact) mass is 589 g/mol. The second kappa shape index (κ2) is 11.1. The molecule has 1 amide bonds. The van der Waals surface area contributed by atoms with Crippen LogP contribution in [0.25, 0.3) is 5.69 Å². The van der Waals surface area contributed by atoms with E-state index in [1.165, 1.54) is 7.11 Å². The molecular weight excluding hydrogens is 562 g/mol. The van der Waals surface area contributed by atoms with Crippen LogP contribution >= 0.6 is 28.1 Å². The fourth-order valence-electron chi connectivity index (χ4n) is 5.06. The quantitative estimate of drug-likeness (QED) is 0.257. The van der Waals surface area contributed by atoms with Crippen LogP contribution in [0, 0.1) is 13.8 Å². The van der Waals surface area contributed by atoms with Gasteiger partial charge in [0.2, 0.25) is 5.91 Å². The lowest BCUT2D eigenvalue weighted by atomic mass is 9.96. The highest BCUT2D eigenvalue weighted by molar-refractivity contribution is 9.10. The van der Waals surface area contributed by atoms with Gasteiger partial charge in [0, 0.05) is 46.2 Å². The number of pyridine rings is 1. The summed E-state index contributed by atoms with van der Waals surface area (Å²) in [5.74, 6) is -0.202. The number of nitrogens with one attached hydrogen (secondary N) is 2. The number of anilines is 2. The molecular formula is C29H28BrN5O2S. The van der Waals surface area contributed by atoms with E-state index in [1.54, 1.807) is 0 Å². The number of methoxy groups -OCH3 is 1. The van der Waals surface area contributed by atoms with Gasteiger partial charge in [0.05, 0.1) is 17.8 Å². The lowest BCUT2D eigenvalue weighted by Crippen LogP contribution is -2.29. The maximum absolute atomic E-state index is 12.0. The topological polar surface area (TPSA) is 71.4 Å². The van der Waals surface area contributed by atoms with Crippen LogP contribution in [0.4, 0.5) is 11.4 Å². The molecule has 9 heteroatoms. The Morgan fingerprint density at radius 3 is 2.45 bits per heavy atom. The standard InChI is InChI=1S/C29H28BrN5O2S/c1-18-16-24(19(2)34(18)22-11-7-20(30)8-12-22)28-27(25-6-4-5-15-31-25)33-29(38)35(28)23-13-9-21(10-14-23)32-26(36)17-37-3/h4-16,27-28H,17H2,1-3H3,(H,32,36)(H,33,38). The predicted octanol–water partition coefficient (Wildman–Crippen LogP) is 6.01. The second-order valence-corrected chi connectivity index (χ2v) is 10.5. The van der Waals surface area contributed by atoms with Gasteiger partial charge in [-0.1, -0.05) is 22.0 Å². The van der Waals surface area contributed by atoms with Crippen molar-refractivity contribution in [3.8, 4) is 5.69 Å². The molecule has 1 fully saturated rings. The van der Waals surface area contributed by atoms with Gasteiger partial charge in [0.1, 0.15) is 6.61 Å². The van der Waals surface area contributed by atoms with E-state index in [9.17, 15) is 4.79 Å². The first-order chi connectivity index (χ1) is 18.4. The minimum absolute atomic E-state index is 0.00367. The average molecular weight is 591 g/mol. The van der Waals surface area contributed by atoms with E-state index in [-0.39, 0.29) is 24.6 Å². The molecule has 2 aromatic carbocycles. The fraction of sp³-hybridized carbons (Fsp3) is 0.207. The molecule has 7 nitrogen and oxygen atoms in total. The van der Waals surface area contributed by atoms with Crippen LogP contribution in [0.2, 0.25) is 0 Å². The summed E-state index contributed by atoms with van der Waals surface area (Å²) < 4.78 is 8.22. The Bertz CT molecular complexity index is 1460. The van der Waals surface area contributed by atoms with Gasteiger partial charge in [-0.2, -0.15) is 0 Å². The summed E-state index contributed by atoms with van der Waals surface area (Å²) in [4.78, 5) is 18.8. The summed E-state index contributed by atoms with van der Waals surface area (Å²) in [6.07, 6.45) is 1.81. The number of halogens is 1. The molecule has 2 atom stereocenters. The Kier molecular flexibility index (Phi) is 7.60. The van der Waals surface area contributed by atoms with Crippen molar-refractivity contribution >= 4 is 50.5 Å². The third-order valence-electron chi connectivity index (χ3n) is 6.68. The van der Waals surface area contributed by atoms with Crippen molar-refractivity contribution in [1.29, 1.82) is 0 Å². The Labute approximate surface area is 236 Å². The summed E-state index contributed by atoms with van der Waals surface area (Å²) in [5, 5.41) is 6.99. The minimum Gasteiger partial charge on any atom is -0.375 e. The summed E-state index contributed by atoms with van der Waals surface area (Å²) in [6.45, 7) is 4.27. The molecule has 2 unspecified atom stereocenters. The van der Waals surface area contributed by atoms with E-state index in [2.05, 4.69) is 85.2 Å². The third kappa shape index (κ3) is 5.09. The number of ether oxygens (including phenoxy) is 1. The van der Waals surface area contributed by atoms with Crippen LogP contribution in [0.15, 0.2) is 83.5 Å². The molecule has 0 spiro atoms. The molecule has 5 rings (SSSR count). The maximum atomic E-state index is 12.0. The molecule has 38 heavy (non-hydrogen) atoms. The fourth-order valence-corrected chi connectivity index (χ4v) is 5.67. The summed E-state index contributed by atoms with van der Waals surface area (Å²) in [6, 6.07) is 23.9. The largest absolute Gasteiger partial charge is 0.375 e. The van der Waals surface area contributed by atoms with Gasteiger partial charge >= 0.3 is 0 Å². The Balaban J connectivity index is 1.57. The molecule has 2 N–H and O–H groups in total. The number of carbonyl (C=O) groups excluding carboxylic acids is 1. The van der Waals surface area contributed by atoms with Crippen molar-refractivity contribution in [2.24, 2.45) is 0 Å². The lowest BCUT2D eigenvalue weighted by molar-refractivity contribution is -0.119. The number of rotatable bonds is 7. The lowest BCUT2D eigenvalue weighted by Gasteiger charge is -2.28. The molecule has 3 heterocycles. The molecule has 1 aliphatic heterocycles. The SMILES string of the molecule is COCC(=O)Nc1ccc(N2C(=S)NC(c3ccccn3)C2c2cc(C)n(-c3ccc(Br)cc3)c2C)cc1. The normalized spacial score (nSPS) is 16.9. The highest BCUT2D eigenvalue weighted by atomic mass is 79.9. The van der Waals surface area contributed by atoms with Gasteiger partial charge in [-0.3, -0.25) is 9.78 Å². The molecule has 1 aliphatic rings. The number of amides is 1. The highest BCUT2D eigenvalue weighted by Crippen LogP contribution is 2.44. The number of hydrogen-bond acceptors (Lipinski definition) is 4. The van der Waals surface area contributed by atoms with Crippen LogP contribution in [-0.4, -0.2) is 34.3 Å². The van der Waals surface area contributed by atoms with Gasteiger partial charge in [0.25, 0.3) is 0 Å². The number of thiocarbonyl (C=S) groups is 1. The van der Waals surface area contributed by atoms with Crippen LogP contribution in [0.5, 0.6) is 0 Å². The van der Waals surface area contributed by atoms with Gasteiger partial charge in [-0.05, 0) is 98.4 Å². The molecule has 4 aromatic rings. The van der Waals surface area contributed by atoms with E-state index < -0.39 is 0 Å². The van der Waals surface area contributed by atoms with Crippen molar-refractivity contribution in [3.63, 3.8) is 0 Å². The number of nitrogens with zero attached hydrogens (tertiary/aromatic N) is 3. The summed E-state index contributed by atoms with van der Waals surface area (Å²) in [7, 11) is 1.50. The van der Waals surface area contributed by atoms with Crippen LogP contribution in [-0.2, 0) is 9.53 Å². The molecule has 1 saturated heterocycles. The van der Waals surface area contributed by atoms with Crippen molar-refractivity contribution in [1.82, 2.24) is 14.9 Å². The minimum atomic E-state index is -0.202. The Morgan fingerprint density at radius 2 is 1.79 bits per heavy atom. The molecule has 0 bridgehead atoms. The number of benzene rings is 2. The van der Waals surface area contributed by atoms with Gasteiger partial charge in [0.15, 0.2) is 5.11 Å². The molecule has 194 valence electrons. The van der Waals surface area contributed by atoms with Crippen molar-refractivity contribution in [2.45, 2.75) is 25.9 Å². The Morgan fingerprint density at radius 1 is 1.08 bits per heavy atom. The first-order valence-electron chi connectivity index (χ1n) is 12.2.